The molecule has 1 spiro atoms. The summed E-state index contributed by atoms with van der Waals surface area (Å²) >= 11 is 0. The minimum Gasteiger partial charge on any atom is -0.497 e. The predicted octanol–water partition coefficient (Wildman–Crippen LogP) is 3.53. The summed E-state index contributed by atoms with van der Waals surface area (Å²) in [6.45, 7) is 0.178. The van der Waals surface area contributed by atoms with Gasteiger partial charge >= 0.3 is 6.03 Å². The number of amides is 5. The molecule has 1 saturated heterocycles. The fourth-order valence-corrected chi connectivity index (χ4v) is 4.50. The number of para-hydroxylation sites is 1. The zero-order valence-corrected chi connectivity index (χ0v) is 19.1. The first-order valence-electron chi connectivity index (χ1n) is 11.4. The highest BCUT2D eigenvalue weighted by Crippen LogP contribution is 2.35. The third kappa shape index (κ3) is 4.88. The van der Waals surface area contributed by atoms with E-state index >= 15 is 0 Å². The van der Waals surface area contributed by atoms with Crippen LogP contribution in [-0.4, -0.2) is 47.8 Å². The Morgan fingerprint density at radius 1 is 1.06 bits per heavy atom. The first-order chi connectivity index (χ1) is 16.4. The summed E-state index contributed by atoms with van der Waals surface area (Å²) in [4.78, 5) is 51.5. The number of benzene rings is 2. The maximum atomic E-state index is 12.8. The highest BCUT2D eigenvalue weighted by atomic mass is 16.5. The van der Waals surface area contributed by atoms with Gasteiger partial charge in [-0.3, -0.25) is 19.3 Å². The summed E-state index contributed by atoms with van der Waals surface area (Å²) in [7, 11) is 1.55. The topological polar surface area (TPSA) is 117 Å². The molecule has 9 heteroatoms. The number of nitrogens with one attached hydrogen (secondary N) is 3. The Labute approximate surface area is 197 Å². The fourth-order valence-electron chi connectivity index (χ4n) is 4.50. The molecule has 2 aromatic rings. The van der Waals surface area contributed by atoms with Crippen molar-refractivity contribution in [3.05, 3.63) is 54.1 Å². The molecule has 2 aromatic carbocycles. The van der Waals surface area contributed by atoms with E-state index in [-0.39, 0.29) is 36.7 Å². The third-order valence-corrected chi connectivity index (χ3v) is 6.26. The Balaban J connectivity index is 1.32. The standard InChI is InChI=1S/C25H28N4O5/c1-34-18-9-6-8-17(16-18)26-22(31)19-10-2-3-11-20(19)27-21(30)12-7-15-29-23(32)25(28-24(29)33)13-4-5-14-25/h2-3,6,8-11,16H,4-5,7,12-15H2,1H3,(H,26,31)(H,27,30)(H,28,33). The predicted molar refractivity (Wildman–Crippen MR) is 127 cm³/mol. The van der Waals surface area contributed by atoms with Gasteiger partial charge in [-0.1, -0.05) is 31.0 Å². The van der Waals surface area contributed by atoms with Crippen LogP contribution in [0.3, 0.4) is 0 Å². The van der Waals surface area contributed by atoms with Gasteiger partial charge in [0.05, 0.1) is 18.4 Å². The Hall–Kier alpha value is -3.88. The van der Waals surface area contributed by atoms with E-state index in [1.807, 2.05) is 0 Å². The van der Waals surface area contributed by atoms with Gasteiger partial charge in [0, 0.05) is 24.7 Å². The maximum absolute atomic E-state index is 12.8. The summed E-state index contributed by atoms with van der Waals surface area (Å²) in [5, 5.41) is 8.41. The van der Waals surface area contributed by atoms with Crippen molar-refractivity contribution in [3.63, 3.8) is 0 Å². The zero-order valence-electron chi connectivity index (χ0n) is 19.1. The first-order valence-corrected chi connectivity index (χ1v) is 11.4. The second kappa shape index (κ2) is 9.94. The van der Waals surface area contributed by atoms with Crippen LogP contribution in [0.2, 0.25) is 0 Å². The molecule has 34 heavy (non-hydrogen) atoms. The molecule has 3 N–H and O–H groups in total. The van der Waals surface area contributed by atoms with Crippen LogP contribution in [0, 0.1) is 0 Å². The monoisotopic (exact) mass is 464 g/mol. The fraction of sp³-hybridized carbons (Fsp3) is 0.360. The molecule has 1 aliphatic carbocycles. The number of imide groups is 1. The van der Waals surface area contributed by atoms with Gasteiger partial charge in [-0.05, 0) is 43.5 Å². The van der Waals surface area contributed by atoms with E-state index in [9.17, 15) is 19.2 Å². The molecule has 0 atom stereocenters. The third-order valence-electron chi connectivity index (χ3n) is 6.26. The molecular formula is C25H28N4O5. The number of methoxy groups -OCH3 is 1. The Kier molecular flexibility index (Phi) is 6.81. The SMILES string of the molecule is COc1cccc(NC(=O)c2ccccc2NC(=O)CCCN2C(=O)NC3(CCCC3)C2=O)c1. The van der Waals surface area contributed by atoms with Gasteiger partial charge in [0.1, 0.15) is 11.3 Å². The van der Waals surface area contributed by atoms with E-state index in [0.29, 0.717) is 42.0 Å². The molecule has 1 heterocycles. The van der Waals surface area contributed by atoms with E-state index in [1.165, 1.54) is 4.90 Å². The molecule has 0 radical (unpaired) electrons. The lowest BCUT2D eigenvalue weighted by Gasteiger charge is -2.20. The number of anilines is 2. The number of carbonyl (C=O) groups excluding carboxylic acids is 4. The lowest BCUT2D eigenvalue weighted by Crippen LogP contribution is -2.44. The molecule has 1 aliphatic heterocycles. The number of nitrogens with zero attached hydrogens (tertiary/aromatic N) is 1. The zero-order chi connectivity index (χ0) is 24.1. The van der Waals surface area contributed by atoms with Crippen molar-refractivity contribution in [1.29, 1.82) is 0 Å². The summed E-state index contributed by atoms with van der Waals surface area (Å²) in [6, 6.07) is 13.3. The van der Waals surface area contributed by atoms with Gasteiger partial charge in [0.15, 0.2) is 0 Å². The van der Waals surface area contributed by atoms with E-state index in [1.54, 1.807) is 55.6 Å². The molecule has 2 fully saturated rings. The smallest absolute Gasteiger partial charge is 0.325 e. The van der Waals surface area contributed by atoms with E-state index in [4.69, 9.17) is 4.74 Å². The molecule has 0 bridgehead atoms. The number of rotatable bonds is 8. The Bertz CT molecular complexity index is 1110. The normalized spacial score (nSPS) is 16.4. The van der Waals surface area contributed by atoms with Crippen molar-refractivity contribution in [1.82, 2.24) is 10.2 Å². The average molecular weight is 465 g/mol. The van der Waals surface area contributed by atoms with Gasteiger partial charge in [-0.15, -0.1) is 0 Å². The molecule has 1 saturated carbocycles. The summed E-state index contributed by atoms with van der Waals surface area (Å²) in [5.41, 5.74) is 0.525. The average Bonchev–Trinajstić information content (AvgIpc) is 3.39. The van der Waals surface area contributed by atoms with Crippen LogP contribution in [-0.2, 0) is 9.59 Å². The maximum Gasteiger partial charge on any atom is 0.325 e. The molecule has 9 nitrogen and oxygen atoms in total. The van der Waals surface area contributed by atoms with Crippen molar-refractivity contribution < 1.29 is 23.9 Å². The molecule has 4 rings (SSSR count). The summed E-state index contributed by atoms with van der Waals surface area (Å²) in [6.07, 6.45) is 3.63. The lowest BCUT2D eigenvalue weighted by molar-refractivity contribution is -0.131. The van der Waals surface area contributed by atoms with Crippen LogP contribution < -0.4 is 20.7 Å². The highest BCUT2D eigenvalue weighted by molar-refractivity contribution is 6.10. The van der Waals surface area contributed by atoms with E-state index in [0.717, 1.165) is 12.8 Å². The molecule has 0 unspecified atom stereocenters. The van der Waals surface area contributed by atoms with Crippen molar-refractivity contribution in [2.75, 3.05) is 24.3 Å². The molecule has 178 valence electrons. The number of ether oxygens (including phenoxy) is 1. The number of hydrogen-bond donors (Lipinski definition) is 3. The number of carbonyl (C=O) groups is 4. The van der Waals surface area contributed by atoms with Crippen molar-refractivity contribution >= 4 is 35.1 Å². The van der Waals surface area contributed by atoms with Crippen LogP contribution in [0.4, 0.5) is 16.2 Å². The Morgan fingerprint density at radius 3 is 2.59 bits per heavy atom. The molecular weight excluding hydrogens is 436 g/mol. The molecule has 0 aromatic heterocycles. The van der Waals surface area contributed by atoms with Gasteiger partial charge in [0.25, 0.3) is 11.8 Å². The molecule has 2 aliphatic rings. The van der Waals surface area contributed by atoms with Crippen LogP contribution in [0.15, 0.2) is 48.5 Å². The minimum absolute atomic E-state index is 0.107. The number of hydrogen-bond acceptors (Lipinski definition) is 5. The second-order valence-electron chi connectivity index (χ2n) is 8.56. The van der Waals surface area contributed by atoms with Crippen molar-refractivity contribution in [3.8, 4) is 5.75 Å². The van der Waals surface area contributed by atoms with Crippen molar-refractivity contribution in [2.45, 2.75) is 44.1 Å². The quantitative estimate of drug-likeness (QED) is 0.517. The van der Waals surface area contributed by atoms with E-state index < -0.39 is 5.54 Å². The second-order valence-corrected chi connectivity index (χ2v) is 8.56. The van der Waals surface area contributed by atoms with Gasteiger partial charge in [-0.2, -0.15) is 0 Å². The highest BCUT2D eigenvalue weighted by Gasteiger charge is 2.52. The van der Waals surface area contributed by atoms with Gasteiger partial charge in [-0.25, -0.2) is 4.79 Å². The number of urea groups is 1. The lowest BCUT2D eigenvalue weighted by atomic mass is 9.98. The largest absolute Gasteiger partial charge is 0.497 e. The van der Waals surface area contributed by atoms with Crippen molar-refractivity contribution in [2.24, 2.45) is 0 Å². The van der Waals surface area contributed by atoms with Gasteiger partial charge < -0.3 is 20.7 Å². The molecule has 5 amide bonds. The first kappa shape index (κ1) is 23.3. The van der Waals surface area contributed by atoms with Crippen LogP contribution in [0.5, 0.6) is 5.75 Å². The van der Waals surface area contributed by atoms with Crippen LogP contribution in [0.25, 0.3) is 0 Å². The van der Waals surface area contributed by atoms with Gasteiger partial charge in [0.2, 0.25) is 5.91 Å². The Morgan fingerprint density at radius 2 is 1.82 bits per heavy atom. The van der Waals surface area contributed by atoms with Crippen LogP contribution >= 0.6 is 0 Å². The minimum atomic E-state index is -0.742. The van der Waals surface area contributed by atoms with E-state index in [2.05, 4.69) is 16.0 Å². The summed E-state index contributed by atoms with van der Waals surface area (Å²) in [5.74, 6) is -0.243. The van der Waals surface area contributed by atoms with Crippen LogP contribution in [0.1, 0.15) is 48.9 Å². The summed E-state index contributed by atoms with van der Waals surface area (Å²) < 4.78 is 5.18.